The van der Waals surface area contributed by atoms with Gasteiger partial charge in [0.25, 0.3) is 5.91 Å². The topological polar surface area (TPSA) is 71.9 Å². The van der Waals surface area contributed by atoms with Gasteiger partial charge in [-0.2, -0.15) is 5.26 Å². The molecule has 7 heteroatoms. The van der Waals surface area contributed by atoms with E-state index in [4.69, 9.17) is 16.9 Å². The molecule has 1 saturated carbocycles. The maximum atomic E-state index is 12.7. The van der Waals surface area contributed by atoms with E-state index >= 15 is 0 Å². The second-order valence-corrected chi connectivity index (χ2v) is 9.95. The molecular weight excluding hydrogens is 467 g/mol. The van der Waals surface area contributed by atoms with E-state index in [1.807, 2.05) is 36.4 Å². The van der Waals surface area contributed by atoms with Crippen LogP contribution in [0.15, 0.2) is 42.5 Å². The molecule has 0 spiro atoms. The lowest BCUT2D eigenvalue weighted by atomic mass is 9.84. The number of aromatic nitrogens is 1. The third-order valence-corrected chi connectivity index (χ3v) is 7.53. The Morgan fingerprint density at radius 3 is 2.74 bits per heavy atom. The summed E-state index contributed by atoms with van der Waals surface area (Å²) in [5.41, 5.74) is 4.95. The van der Waals surface area contributed by atoms with Crippen LogP contribution in [-0.4, -0.2) is 34.9 Å². The Labute approximate surface area is 211 Å². The number of hydrogen-bond donors (Lipinski definition) is 2. The molecule has 5 nitrogen and oxygen atoms in total. The Hall–Kier alpha value is -2.52. The summed E-state index contributed by atoms with van der Waals surface area (Å²) >= 11 is 6.05. The van der Waals surface area contributed by atoms with E-state index in [0.717, 1.165) is 61.3 Å². The van der Waals surface area contributed by atoms with E-state index in [0.29, 0.717) is 10.7 Å². The summed E-state index contributed by atoms with van der Waals surface area (Å²) in [4.78, 5) is 18.5. The van der Waals surface area contributed by atoms with Gasteiger partial charge in [0.05, 0.1) is 11.6 Å². The van der Waals surface area contributed by atoms with E-state index in [-0.39, 0.29) is 24.4 Å². The van der Waals surface area contributed by atoms with Gasteiger partial charge in [0.15, 0.2) is 0 Å². The molecule has 0 radical (unpaired) electrons. The number of benzene rings is 2. The fourth-order valence-corrected chi connectivity index (χ4v) is 5.49. The highest BCUT2D eigenvalue weighted by Crippen LogP contribution is 2.29. The van der Waals surface area contributed by atoms with Crippen LogP contribution in [0.2, 0.25) is 5.02 Å². The zero-order valence-electron chi connectivity index (χ0n) is 19.1. The van der Waals surface area contributed by atoms with Crippen molar-refractivity contribution in [3.63, 3.8) is 0 Å². The van der Waals surface area contributed by atoms with Gasteiger partial charge in [0.2, 0.25) is 0 Å². The first kappa shape index (κ1) is 24.6. The van der Waals surface area contributed by atoms with Crippen molar-refractivity contribution in [3.8, 4) is 6.07 Å². The monoisotopic (exact) mass is 496 g/mol. The van der Waals surface area contributed by atoms with Crippen LogP contribution in [0.25, 0.3) is 10.9 Å². The number of rotatable bonds is 5. The largest absolute Gasteiger partial charge is 0.350 e. The van der Waals surface area contributed by atoms with E-state index in [2.05, 4.69) is 27.3 Å². The number of aromatic amines is 1. The fraction of sp³-hybridized carbons (Fsp3) is 0.407. The molecule has 0 bridgehead atoms. The first-order valence-electron chi connectivity index (χ1n) is 11.9. The van der Waals surface area contributed by atoms with Crippen LogP contribution in [0.1, 0.15) is 59.3 Å². The van der Waals surface area contributed by atoms with Gasteiger partial charge in [0, 0.05) is 35.1 Å². The minimum atomic E-state index is -0.0303. The van der Waals surface area contributed by atoms with Crippen molar-refractivity contribution < 1.29 is 4.79 Å². The molecule has 2 aromatic carbocycles. The van der Waals surface area contributed by atoms with Crippen molar-refractivity contribution in [2.75, 3.05) is 13.1 Å². The van der Waals surface area contributed by atoms with Gasteiger partial charge >= 0.3 is 0 Å². The number of carbonyl (C=O) groups excluding carboxylic acids is 1. The number of nitrogens with one attached hydrogen (secondary N) is 2. The molecule has 5 rings (SSSR count). The summed E-state index contributed by atoms with van der Waals surface area (Å²) in [6.45, 7) is 3.18. The smallest absolute Gasteiger partial charge is 0.267 e. The summed E-state index contributed by atoms with van der Waals surface area (Å²) < 4.78 is 0. The van der Waals surface area contributed by atoms with Crippen molar-refractivity contribution in [2.24, 2.45) is 5.92 Å². The van der Waals surface area contributed by atoms with Crippen molar-refractivity contribution in [1.29, 1.82) is 5.26 Å². The minimum absolute atomic E-state index is 0. The second kappa shape index (κ2) is 10.8. The predicted molar refractivity (Wildman–Crippen MR) is 139 cm³/mol. The average molecular weight is 497 g/mol. The van der Waals surface area contributed by atoms with Gasteiger partial charge in [-0.3, -0.25) is 9.69 Å². The quantitative estimate of drug-likeness (QED) is 0.465. The van der Waals surface area contributed by atoms with Crippen LogP contribution in [0.5, 0.6) is 0 Å². The summed E-state index contributed by atoms with van der Waals surface area (Å²) in [6, 6.07) is 16.1. The van der Waals surface area contributed by atoms with Crippen LogP contribution in [0.4, 0.5) is 0 Å². The molecule has 2 aliphatic rings. The van der Waals surface area contributed by atoms with E-state index in [1.54, 1.807) is 0 Å². The number of nitriles is 1. The highest BCUT2D eigenvalue weighted by Gasteiger charge is 2.24. The summed E-state index contributed by atoms with van der Waals surface area (Å²) in [6.07, 6.45) is 6.68. The molecule has 1 aromatic heterocycles. The third-order valence-electron chi connectivity index (χ3n) is 7.29. The molecule has 0 unspecified atom stereocenters. The molecule has 1 fully saturated rings. The maximum Gasteiger partial charge on any atom is 0.267 e. The molecule has 1 aliphatic heterocycles. The molecule has 0 saturated heterocycles. The molecule has 3 aromatic rings. The number of fused-ring (bicyclic) bond motifs is 2. The molecule has 1 amide bonds. The van der Waals surface area contributed by atoms with Gasteiger partial charge in [-0.05, 0) is 92.4 Å². The van der Waals surface area contributed by atoms with Gasteiger partial charge in [-0.15, -0.1) is 12.4 Å². The normalized spacial score (nSPS) is 20.2. The van der Waals surface area contributed by atoms with Crippen LogP contribution >= 0.6 is 24.0 Å². The average Bonchev–Trinajstić information content (AvgIpc) is 3.26. The number of nitrogens with zero attached hydrogens (tertiary/aromatic N) is 2. The summed E-state index contributed by atoms with van der Waals surface area (Å²) in [5.74, 6) is 0.702. The van der Waals surface area contributed by atoms with Crippen molar-refractivity contribution >= 4 is 40.8 Å². The number of halogens is 2. The summed E-state index contributed by atoms with van der Waals surface area (Å²) in [5, 5.41) is 14.0. The molecule has 1 aliphatic carbocycles. The van der Waals surface area contributed by atoms with E-state index in [1.165, 1.54) is 30.4 Å². The van der Waals surface area contributed by atoms with Crippen molar-refractivity contribution in [3.05, 3.63) is 69.9 Å². The zero-order valence-corrected chi connectivity index (χ0v) is 20.7. The Morgan fingerprint density at radius 1 is 1.12 bits per heavy atom. The van der Waals surface area contributed by atoms with E-state index < -0.39 is 0 Å². The lowest BCUT2D eigenvalue weighted by Crippen LogP contribution is -2.38. The zero-order chi connectivity index (χ0) is 22.8. The standard InChI is InChI=1S/C27H29ClN4O.ClH/c28-23-6-5-21-14-26(31-25(21)15-23)27(33)30-24-7-2-18(3-8-24)9-11-32-12-10-20-13-19(16-29)1-4-22(20)17-32;/h1,4-6,13-15,18,24,31H,2-3,7-12,17H2,(H,30,33);1H. The van der Waals surface area contributed by atoms with Crippen LogP contribution in [0, 0.1) is 17.2 Å². The Bertz CT molecular complexity index is 1210. The van der Waals surface area contributed by atoms with Crippen LogP contribution in [-0.2, 0) is 13.0 Å². The summed E-state index contributed by atoms with van der Waals surface area (Å²) in [7, 11) is 0. The minimum Gasteiger partial charge on any atom is -0.350 e. The van der Waals surface area contributed by atoms with Crippen molar-refractivity contribution in [1.82, 2.24) is 15.2 Å². The van der Waals surface area contributed by atoms with Gasteiger partial charge in [-0.25, -0.2) is 0 Å². The Morgan fingerprint density at radius 2 is 1.94 bits per heavy atom. The molecule has 34 heavy (non-hydrogen) atoms. The lowest BCUT2D eigenvalue weighted by molar-refractivity contribution is 0.0915. The van der Waals surface area contributed by atoms with E-state index in [9.17, 15) is 4.79 Å². The van der Waals surface area contributed by atoms with Crippen LogP contribution in [0.3, 0.4) is 0 Å². The number of carbonyl (C=O) groups is 1. The SMILES string of the molecule is Cl.N#Cc1ccc2c(c1)CCN(CCC1CCC(NC(=O)c3cc4ccc(Cl)cc4[nH]3)CC1)C2. The van der Waals surface area contributed by atoms with Gasteiger partial charge < -0.3 is 10.3 Å². The number of H-pyrrole nitrogens is 1. The molecule has 178 valence electrons. The molecule has 2 heterocycles. The molecular formula is C27H30Cl2N4O. The first-order valence-corrected chi connectivity index (χ1v) is 12.3. The van der Waals surface area contributed by atoms with Crippen molar-refractivity contribution in [2.45, 2.75) is 51.1 Å². The fourth-order valence-electron chi connectivity index (χ4n) is 5.32. The third kappa shape index (κ3) is 5.58. The number of hydrogen-bond acceptors (Lipinski definition) is 3. The second-order valence-electron chi connectivity index (χ2n) is 9.52. The maximum absolute atomic E-state index is 12.7. The molecule has 2 N–H and O–H groups in total. The Kier molecular flexibility index (Phi) is 7.83. The molecule has 0 atom stereocenters. The first-order chi connectivity index (χ1) is 16.1. The predicted octanol–water partition coefficient (Wildman–Crippen LogP) is 5.85. The van der Waals surface area contributed by atoms with Gasteiger partial charge in [0.1, 0.15) is 5.69 Å². The Balaban J connectivity index is 0.00000274. The van der Waals surface area contributed by atoms with Crippen LogP contribution < -0.4 is 5.32 Å². The lowest BCUT2D eigenvalue weighted by Gasteiger charge is -2.33. The highest BCUT2D eigenvalue weighted by molar-refractivity contribution is 6.31. The number of amides is 1. The highest BCUT2D eigenvalue weighted by atomic mass is 35.5. The van der Waals surface area contributed by atoms with Gasteiger partial charge in [-0.1, -0.05) is 23.7 Å².